The predicted molar refractivity (Wildman–Crippen MR) is 319 cm³/mol. The molecule has 27 heteroatoms. The minimum absolute atomic E-state index is 0.0290. The molecular formula is C58H84N11O14PS. The van der Waals surface area contributed by atoms with E-state index in [-0.39, 0.29) is 55.0 Å². The molecule has 0 bridgehead atoms. The summed E-state index contributed by atoms with van der Waals surface area (Å²) in [4.78, 5) is 148. The maximum atomic E-state index is 14.5. The smallest absolute Gasteiger partial charge is 0.394 e. The van der Waals surface area contributed by atoms with Crippen molar-refractivity contribution in [1.29, 1.82) is 0 Å². The normalized spacial score (nSPS) is 19.5. The summed E-state index contributed by atoms with van der Waals surface area (Å²) in [5.74, 6) is -7.82. The first-order chi connectivity index (χ1) is 40.5. The van der Waals surface area contributed by atoms with Crippen LogP contribution in [0.4, 0.5) is 0 Å². The molecule has 0 spiro atoms. The van der Waals surface area contributed by atoms with Crippen molar-refractivity contribution in [3.63, 3.8) is 0 Å². The summed E-state index contributed by atoms with van der Waals surface area (Å²) in [6.07, 6.45) is 11.8. The first-order valence-corrected chi connectivity index (χ1v) is 31.6. The lowest BCUT2D eigenvalue weighted by molar-refractivity contribution is -0.137. The number of para-hydroxylation sites is 1. The number of hydrogen-bond donors (Lipinski definition) is 10. The van der Waals surface area contributed by atoms with Crippen molar-refractivity contribution < 1.29 is 67.1 Å². The first kappa shape index (κ1) is 68.8. The number of aliphatic hydroxyl groups excluding tert-OH is 1. The molecule has 1 saturated heterocycles. The number of unbranched alkanes of at least 4 members (excludes halogenated alkanes) is 7. The van der Waals surface area contributed by atoms with Crippen molar-refractivity contribution in [2.24, 2.45) is 11.7 Å². The van der Waals surface area contributed by atoms with Gasteiger partial charge in [-0.1, -0.05) is 94.5 Å². The summed E-state index contributed by atoms with van der Waals surface area (Å²) >= 11 is 0.854. The molecular weight excluding hydrogens is 1140 g/mol. The van der Waals surface area contributed by atoms with Crippen LogP contribution < -0.4 is 37.6 Å². The molecule has 1 aliphatic rings. The van der Waals surface area contributed by atoms with Crippen LogP contribution in [-0.4, -0.2) is 161 Å². The Labute approximate surface area is 499 Å². The maximum absolute atomic E-state index is 14.5. The maximum Gasteiger partial charge on any atom is 0.469 e. The van der Waals surface area contributed by atoms with Gasteiger partial charge in [-0.2, -0.15) is 0 Å². The molecule has 8 amide bonds. The number of aliphatic hydroxyl groups is 1. The van der Waals surface area contributed by atoms with E-state index < -0.39 is 98.6 Å². The number of imidazole rings is 1. The van der Waals surface area contributed by atoms with Gasteiger partial charge in [0.1, 0.15) is 30.2 Å². The Hall–Kier alpha value is -6.96. The summed E-state index contributed by atoms with van der Waals surface area (Å²) in [5, 5.41) is 26.8. The number of hydrogen-bond acceptors (Lipinski definition) is 14. The monoisotopic (exact) mass is 1220 g/mol. The van der Waals surface area contributed by atoms with Crippen molar-refractivity contribution in [3.05, 3.63) is 90.1 Å². The number of carbonyl (C=O) groups excluding carboxylic acids is 9. The lowest BCUT2D eigenvalue weighted by Gasteiger charge is -2.29. The average Bonchev–Trinajstić information content (AvgIpc) is 3.27. The zero-order valence-electron chi connectivity index (χ0n) is 48.9. The summed E-state index contributed by atoms with van der Waals surface area (Å²) in [6.45, 7) is 5.43. The number of fused-ring (bicyclic) bond motifs is 1. The van der Waals surface area contributed by atoms with E-state index in [1.165, 1.54) is 23.6 Å². The van der Waals surface area contributed by atoms with Crippen LogP contribution in [0.15, 0.2) is 73.3 Å². The van der Waals surface area contributed by atoms with Gasteiger partial charge in [0.15, 0.2) is 0 Å². The lowest BCUT2D eigenvalue weighted by Crippen LogP contribution is -2.62. The first-order valence-electron chi connectivity index (χ1n) is 28.9. The summed E-state index contributed by atoms with van der Waals surface area (Å²) in [7, 11) is -5.34. The highest BCUT2D eigenvalue weighted by atomic mass is 32.2. The van der Waals surface area contributed by atoms with E-state index in [4.69, 9.17) is 10.3 Å². The molecule has 11 N–H and O–H groups in total. The number of benzene rings is 2. The fourth-order valence-corrected chi connectivity index (χ4v) is 11.4. The van der Waals surface area contributed by atoms with Crippen LogP contribution in [0.2, 0.25) is 0 Å². The highest BCUT2D eigenvalue weighted by Crippen LogP contribution is 2.38. The van der Waals surface area contributed by atoms with E-state index >= 15 is 0 Å². The van der Waals surface area contributed by atoms with E-state index in [1.807, 2.05) is 60.9 Å². The molecule has 4 aromatic rings. The van der Waals surface area contributed by atoms with Crippen LogP contribution in [0.1, 0.15) is 120 Å². The van der Waals surface area contributed by atoms with E-state index in [9.17, 15) is 62.6 Å². The number of phosphoric ester groups is 1. The van der Waals surface area contributed by atoms with Crippen molar-refractivity contribution in [2.45, 2.75) is 160 Å². The number of nitrogens with one attached hydrogen (secondary N) is 6. The number of thioether (sulfide) groups is 1. The number of nitrogens with zero attached hydrogens (tertiary/aromatic N) is 4. The van der Waals surface area contributed by atoms with Gasteiger partial charge >= 0.3 is 7.82 Å². The Balaban J connectivity index is 1.33. The average molecular weight is 1220 g/mol. The highest BCUT2D eigenvalue weighted by molar-refractivity contribution is 8.00. The molecule has 3 heterocycles. The number of rotatable bonds is 27. The van der Waals surface area contributed by atoms with Gasteiger partial charge in [-0.05, 0) is 75.0 Å². The van der Waals surface area contributed by atoms with E-state index in [1.54, 1.807) is 17.1 Å². The van der Waals surface area contributed by atoms with Gasteiger partial charge in [0.2, 0.25) is 53.2 Å². The second-order valence-corrected chi connectivity index (χ2v) is 24.0. The predicted octanol–water partition coefficient (Wildman–Crippen LogP) is 2.56. The molecule has 0 aliphatic carbocycles. The second kappa shape index (κ2) is 34.9. The van der Waals surface area contributed by atoms with Crippen molar-refractivity contribution >= 4 is 83.7 Å². The van der Waals surface area contributed by atoms with Gasteiger partial charge in [0.25, 0.3) is 0 Å². The number of nitrogens with two attached hydrogens (primary N) is 1. The molecule has 6 atom stereocenters. The van der Waals surface area contributed by atoms with Crippen LogP contribution >= 0.6 is 19.6 Å². The Morgan fingerprint density at radius 2 is 1.44 bits per heavy atom. The minimum atomic E-state index is -5.34. The standard InChI is InChI=1S/C58H84N11O14PS/c1-38(2)29-45-55(76)63-46(30-43-31-60-37-68(43)28-17-8-6-5-7-11-19-41-20-12-9-13-21-41)56(77)64-47(34-70)57(78)66-53(39(3)83-84(80,81)82)58(79)65-48(54(59)75)35-85-36-52(74)67(33-51(73)62-45)27-18-10-14-24-50(72)61-26-25-42-32-69(40(4)71)49-23-16-15-22-44(42)49/h9,12-13,15-16,20-23,31-32,37-39,45-48,53,70H,5-8,10-11,14,17-19,24-30,33-36H2,1-4H3,(H2,59,75)(H,61,72)(H,62,73)(H,63,76)(H,64,77)(H,65,79)(H,66,78)(H2,80,81,82)/t39-,45+,46+,47+,48?,53+/m1/s1. The zero-order valence-corrected chi connectivity index (χ0v) is 50.6. The van der Waals surface area contributed by atoms with Crippen LogP contribution in [0.25, 0.3) is 10.9 Å². The minimum Gasteiger partial charge on any atom is -0.394 e. The van der Waals surface area contributed by atoms with Crippen molar-refractivity contribution in [3.8, 4) is 0 Å². The molecule has 1 unspecified atom stereocenters. The highest BCUT2D eigenvalue weighted by Gasteiger charge is 2.38. The number of carbonyl (C=O) groups is 9. The van der Waals surface area contributed by atoms with Crippen LogP contribution in [0.5, 0.6) is 0 Å². The lowest BCUT2D eigenvalue weighted by atomic mass is 10.0. The number of amides is 8. The molecule has 85 heavy (non-hydrogen) atoms. The third kappa shape index (κ3) is 23.4. The van der Waals surface area contributed by atoms with Gasteiger partial charge in [0, 0.05) is 68.6 Å². The molecule has 25 nitrogen and oxygen atoms in total. The van der Waals surface area contributed by atoms with Crippen molar-refractivity contribution in [2.75, 3.05) is 37.7 Å². The third-order valence-corrected chi connectivity index (χ3v) is 16.0. The van der Waals surface area contributed by atoms with Gasteiger partial charge < -0.3 is 62.0 Å². The zero-order chi connectivity index (χ0) is 62.1. The molecule has 0 radical (unpaired) electrons. The number of aryl methyl sites for hydroxylation is 2. The second-order valence-electron chi connectivity index (χ2n) is 21.7. The Morgan fingerprint density at radius 3 is 2.13 bits per heavy atom. The molecule has 5 rings (SSSR count). The van der Waals surface area contributed by atoms with E-state index in [0.717, 1.165) is 80.1 Å². The van der Waals surface area contributed by atoms with Crippen LogP contribution in [0.3, 0.4) is 0 Å². The molecule has 2 aromatic heterocycles. The van der Waals surface area contributed by atoms with Crippen LogP contribution in [0, 0.1) is 5.92 Å². The quantitative estimate of drug-likeness (QED) is 0.0303. The van der Waals surface area contributed by atoms with Gasteiger partial charge in [-0.15, -0.1) is 11.8 Å². The van der Waals surface area contributed by atoms with Gasteiger partial charge in [0.05, 0.1) is 36.9 Å². The summed E-state index contributed by atoms with van der Waals surface area (Å²) in [6, 6.07) is 9.69. The van der Waals surface area contributed by atoms with Crippen LogP contribution in [-0.2, 0) is 73.3 Å². The fourth-order valence-electron chi connectivity index (χ4n) is 9.89. The SMILES string of the molecule is CC(=O)n1cc(CCNC(=O)CCCCCN2CC(=O)N[C@@H](CC(C)C)C(=O)N[C@@H](Cc3cncn3CCCCCCCCc3ccccc3)C(=O)N[C@@H](CO)C(=O)N[C@@H]([C@@H](C)OP(=O)(O)O)C(=O)NC(C(N)=O)CSCC2=O)c2ccccc21. The Morgan fingerprint density at radius 1 is 0.788 bits per heavy atom. The Bertz CT molecular complexity index is 2940. The van der Waals surface area contributed by atoms with Crippen molar-refractivity contribution in [1.82, 2.24) is 50.9 Å². The summed E-state index contributed by atoms with van der Waals surface area (Å²) < 4.78 is 20.2. The fraction of sp³-hybridized carbons (Fsp3) is 0.552. The third-order valence-electron chi connectivity index (χ3n) is 14.4. The number of phosphoric acid groups is 1. The molecule has 1 fully saturated rings. The largest absolute Gasteiger partial charge is 0.469 e. The number of primary amides is 1. The van der Waals surface area contributed by atoms with E-state index in [2.05, 4.69) is 49.0 Å². The number of aromatic nitrogens is 3. The molecule has 0 saturated carbocycles. The van der Waals surface area contributed by atoms with Gasteiger partial charge in [-0.25, -0.2) is 9.55 Å². The van der Waals surface area contributed by atoms with Gasteiger partial charge in [-0.3, -0.25) is 52.2 Å². The molecule has 1 aliphatic heterocycles. The topological polar surface area (TPSA) is 365 Å². The molecule has 466 valence electrons. The van der Waals surface area contributed by atoms with E-state index in [0.29, 0.717) is 44.5 Å². The molecule has 2 aromatic carbocycles. The summed E-state index contributed by atoms with van der Waals surface area (Å²) in [5.41, 5.74) is 9.18. The Kier molecular flexibility index (Phi) is 28.2.